The number of halogens is 2. The Bertz CT molecular complexity index is 772. The molecule has 140 valence electrons. The lowest BCUT2D eigenvalue weighted by Gasteiger charge is -2.16. The predicted molar refractivity (Wildman–Crippen MR) is 101 cm³/mol. The number of aliphatic hydroxyl groups excluding tert-OH is 1. The number of carbonyl (C=O) groups is 1. The second-order valence-electron chi connectivity index (χ2n) is 5.42. The van der Waals surface area contributed by atoms with E-state index in [1.54, 1.807) is 24.3 Å². The number of aliphatic imine (C=N–C) groups is 1. The molecule has 0 aliphatic carbocycles. The number of nitrogens with zero attached hydrogens (tertiary/aromatic N) is 1. The Morgan fingerprint density at radius 2 is 1.96 bits per heavy atom. The third kappa shape index (κ3) is 5.94. The third-order valence-electron chi connectivity index (χ3n) is 3.37. The quantitative estimate of drug-likeness (QED) is 0.422. The number of carbonyl (C=O) groups excluding carboxylic acids is 1. The molecule has 0 saturated carbocycles. The van der Waals surface area contributed by atoms with Crippen molar-refractivity contribution in [2.45, 2.75) is 19.6 Å². The maximum atomic E-state index is 11.0. The number of amides is 1. The standard InChI is InChI=1S/C17H20Cl2N4O3/c1-2-21-17(22-8-13-3-4-15(26-13)16(20)25)23-9-14(24)10-5-11(18)7-12(19)6-10/h3-7,14,24H,2,8-9H2,1H3,(H2,20,25)(H2,21,22,23). The van der Waals surface area contributed by atoms with Crippen molar-refractivity contribution in [1.82, 2.24) is 10.6 Å². The summed E-state index contributed by atoms with van der Waals surface area (Å²) in [6.07, 6.45) is -0.819. The van der Waals surface area contributed by atoms with Crippen LogP contribution in [0.15, 0.2) is 39.7 Å². The molecule has 7 nitrogen and oxygen atoms in total. The van der Waals surface area contributed by atoms with Gasteiger partial charge >= 0.3 is 0 Å². The minimum absolute atomic E-state index is 0.0846. The van der Waals surface area contributed by atoms with Crippen LogP contribution in [-0.4, -0.2) is 30.1 Å². The van der Waals surface area contributed by atoms with Crippen LogP contribution in [0.1, 0.15) is 34.9 Å². The van der Waals surface area contributed by atoms with E-state index in [2.05, 4.69) is 15.6 Å². The topological polar surface area (TPSA) is 113 Å². The zero-order valence-corrected chi connectivity index (χ0v) is 15.6. The summed E-state index contributed by atoms with van der Waals surface area (Å²) in [6, 6.07) is 8.04. The van der Waals surface area contributed by atoms with Crippen molar-refractivity contribution in [3.05, 3.63) is 57.5 Å². The molecule has 0 aliphatic heterocycles. The van der Waals surface area contributed by atoms with Gasteiger partial charge in [0, 0.05) is 23.1 Å². The fourth-order valence-electron chi connectivity index (χ4n) is 2.17. The van der Waals surface area contributed by atoms with E-state index in [-0.39, 0.29) is 18.8 Å². The second kappa shape index (κ2) is 9.47. The molecule has 1 amide bonds. The Morgan fingerprint density at radius 3 is 2.54 bits per heavy atom. The number of hydrogen-bond donors (Lipinski definition) is 4. The van der Waals surface area contributed by atoms with Crippen LogP contribution in [0.4, 0.5) is 0 Å². The number of aliphatic hydroxyl groups is 1. The van der Waals surface area contributed by atoms with Crippen LogP contribution < -0.4 is 16.4 Å². The summed E-state index contributed by atoms with van der Waals surface area (Å²) in [4.78, 5) is 15.4. The third-order valence-corrected chi connectivity index (χ3v) is 3.81. The van der Waals surface area contributed by atoms with E-state index in [9.17, 15) is 9.90 Å². The summed E-state index contributed by atoms with van der Waals surface area (Å²) in [7, 11) is 0. The van der Waals surface area contributed by atoms with Crippen LogP contribution in [-0.2, 0) is 6.54 Å². The normalized spacial score (nSPS) is 12.7. The summed E-state index contributed by atoms with van der Waals surface area (Å²) in [5, 5.41) is 17.3. The fraction of sp³-hybridized carbons (Fsp3) is 0.294. The van der Waals surface area contributed by atoms with Gasteiger partial charge in [-0.05, 0) is 42.8 Å². The smallest absolute Gasteiger partial charge is 0.284 e. The van der Waals surface area contributed by atoms with Crippen LogP contribution in [0.2, 0.25) is 10.0 Å². The summed E-state index contributed by atoms with van der Waals surface area (Å²) in [5.74, 6) is 0.435. The van der Waals surface area contributed by atoms with E-state index < -0.39 is 12.0 Å². The predicted octanol–water partition coefficient (Wildman–Crippen LogP) is 2.47. The Hall–Kier alpha value is -2.22. The fourth-order valence-corrected chi connectivity index (χ4v) is 2.72. The highest BCUT2D eigenvalue weighted by atomic mass is 35.5. The van der Waals surface area contributed by atoms with Gasteiger partial charge in [0.25, 0.3) is 5.91 Å². The zero-order chi connectivity index (χ0) is 19.1. The Morgan fingerprint density at radius 1 is 1.27 bits per heavy atom. The molecule has 0 fully saturated rings. The molecule has 1 atom stereocenters. The number of nitrogens with one attached hydrogen (secondary N) is 2. The van der Waals surface area contributed by atoms with E-state index in [0.717, 1.165) is 0 Å². The summed E-state index contributed by atoms with van der Waals surface area (Å²) in [6.45, 7) is 2.97. The number of nitrogens with two attached hydrogens (primary N) is 1. The zero-order valence-electron chi connectivity index (χ0n) is 14.1. The van der Waals surface area contributed by atoms with Gasteiger partial charge in [0.05, 0.1) is 6.10 Å². The molecule has 0 saturated heterocycles. The molecule has 0 spiro atoms. The van der Waals surface area contributed by atoms with Gasteiger partial charge in [0.15, 0.2) is 11.7 Å². The largest absolute Gasteiger partial charge is 0.454 e. The van der Waals surface area contributed by atoms with E-state index in [0.29, 0.717) is 33.9 Å². The number of guanidine groups is 1. The summed E-state index contributed by atoms with van der Waals surface area (Å²) in [5.41, 5.74) is 5.75. The van der Waals surface area contributed by atoms with Crippen LogP contribution >= 0.6 is 23.2 Å². The first-order valence-corrected chi connectivity index (χ1v) is 8.69. The van der Waals surface area contributed by atoms with Gasteiger partial charge in [-0.15, -0.1) is 0 Å². The van der Waals surface area contributed by atoms with Crippen LogP contribution in [0.3, 0.4) is 0 Å². The molecule has 2 aromatic rings. The van der Waals surface area contributed by atoms with E-state index in [1.165, 1.54) is 6.07 Å². The molecule has 1 aromatic heterocycles. The molecule has 1 aromatic carbocycles. The second-order valence-corrected chi connectivity index (χ2v) is 6.30. The van der Waals surface area contributed by atoms with Gasteiger partial charge < -0.3 is 25.9 Å². The highest BCUT2D eigenvalue weighted by Gasteiger charge is 2.11. The van der Waals surface area contributed by atoms with Gasteiger partial charge in [-0.2, -0.15) is 0 Å². The molecule has 5 N–H and O–H groups in total. The number of primary amides is 1. The molecule has 0 radical (unpaired) electrons. The molecule has 2 rings (SSSR count). The van der Waals surface area contributed by atoms with Crippen molar-refractivity contribution >= 4 is 35.1 Å². The Kier molecular flexibility index (Phi) is 7.32. The number of benzene rings is 1. The van der Waals surface area contributed by atoms with Gasteiger partial charge in [0.1, 0.15) is 12.3 Å². The average Bonchev–Trinajstić information content (AvgIpc) is 3.05. The van der Waals surface area contributed by atoms with E-state index in [4.69, 9.17) is 33.4 Å². The summed E-state index contributed by atoms with van der Waals surface area (Å²) < 4.78 is 5.28. The van der Waals surface area contributed by atoms with Crippen molar-refractivity contribution in [3.8, 4) is 0 Å². The lowest BCUT2D eigenvalue weighted by molar-refractivity contribution is 0.0972. The first-order valence-electron chi connectivity index (χ1n) is 7.93. The van der Waals surface area contributed by atoms with Crippen molar-refractivity contribution in [2.75, 3.05) is 13.1 Å². The number of furan rings is 1. The highest BCUT2D eigenvalue weighted by Crippen LogP contribution is 2.23. The first kappa shape index (κ1) is 20.1. The van der Waals surface area contributed by atoms with Crippen molar-refractivity contribution < 1.29 is 14.3 Å². The molecule has 9 heteroatoms. The minimum atomic E-state index is -0.819. The Balaban J connectivity index is 1.98. The van der Waals surface area contributed by atoms with Gasteiger partial charge in [0.2, 0.25) is 0 Å². The molecule has 1 unspecified atom stereocenters. The SMILES string of the molecule is CCNC(=NCc1ccc(C(N)=O)o1)NCC(O)c1cc(Cl)cc(Cl)c1. The van der Waals surface area contributed by atoms with Gasteiger partial charge in [-0.1, -0.05) is 23.2 Å². The monoisotopic (exact) mass is 398 g/mol. The lowest BCUT2D eigenvalue weighted by Crippen LogP contribution is -2.39. The van der Waals surface area contributed by atoms with Gasteiger partial charge in [-0.3, -0.25) is 4.79 Å². The van der Waals surface area contributed by atoms with Crippen molar-refractivity contribution in [3.63, 3.8) is 0 Å². The molecule has 26 heavy (non-hydrogen) atoms. The average molecular weight is 399 g/mol. The number of rotatable bonds is 7. The minimum Gasteiger partial charge on any atom is -0.454 e. The lowest BCUT2D eigenvalue weighted by atomic mass is 10.1. The highest BCUT2D eigenvalue weighted by molar-refractivity contribution is 6.34. The molecular weight excluding hydrogens is 379 g/mol. The van der Waals surface area contributed by atoms with Crippen molar-refractivity contribution in [1.29, 1.82) is 0 Å². The van der Waals surface area contributed by atoms with E-state index >= 15 is 0 Å². The molecule has 0 bridgehead atoms. The van der Waals surface area contributed by atoms with Crippen molar-refractivity contribution in [2.24, 2.45) is 10.7 Å². The van der Waals surface area contributed by atoms with Gasteiger partial charge in [-0.25, -0.2) is 4.99 Å². The van der Waals surface area contributed by atoms with Crippen LogP contribution in [0, 0.1) is 0 Å². The van der Waals surface area contributed by atoms with Crippen LogP contribution in [0.25, 0.3) is 0 Å². The maximum Gasteiger partial charge on any atom is 0.284 e. The maximum absolute atomic E-state index is 11.0. The van der Waals surface area contributed by atoms with Crippen LogP contribution in [0.5, 0.6) is 0 Å². The van der Waals surface area contributed by atoms with E-state index in [1.807, 2.05) is 6.92 Å². The molecule has 1 heterocycles. The number of hydrogen-bond acceptors (Lipinski definition) is 4. The Labute approximate surface area is 161 Å². The first-order chi connectivity index (χ1) is 12.4. The summed E-state index contributed by atoms with van der Waals surface area (Å²) >= 11 is 11.9. The molecular formula is C17H20Cl2N4O3. The molecule has 0 aliphatic rings.